The summed E-state index contributed by atoms with van der Waals surface area (Å²) in [6.07, 6.45) is 60.1. The Labute approximate surface area is 380 Å². The van der Waals surface area contributed by atoms with E-state index >= 15 is 0 Å². The molecule has 61 heavy (non-hydrogen) atoms. The zero-order chi connectivity index (χ0) is 44.4. The first kappa shape index (κ1) is 59.3. The Balaban J connectivity index is 3.49. The minimum Gasteiger partial charge on any atom is -0.466 e. The van der Waals surface area contributed by atoms with Gasteiger partial charge in [-0.3, -0.25) is 9.59 Å². The van der Waals surface area contributed by atoms with E-state index in [0.717, 1.165) is 70.6 Å². The number of esters is 1. The highest BCUT2D eigenvalue weighted by Crippen LogP contribution is 2.17. The minimum atomic E-state index is -0.683. The number of ether oxygens (including phenoxy) is 1. The predicted molar refractivity (Wildman–Crippen MR) is 264 cm³/mol. The Morgan fingerprint density at radius 1 is 0.459 bits per heavy atom. The van der Waals surface area contributed by atoms with E-state index in [-0.39, 0.29) is 18.5 Å². The van der Waals surface area contributed by atoms with Crippen molar-refractivity contribution in [2.75, 3.05) is 13.2 Å². The second-order valence-corrected chi connectivity index (χ2v) is 18.6. The van der Waals surface area contributed by atoms with Crippen molar-refractivity contribution in [3.8, 4) is 0 Å². The van der Waals surface area contributed by atoms with Crippen LogP contribution in [-0.2, 0) is 14.3 Å². The van der Waals surface area contributed by atoms with E-state index < -0.39 is 12.1 Å². The summed E-state index contributed by atoms with van der Waals surface area (Å²) < 4.78 is 5.44. The van der Waals surface area contributed by atoms with Crippen molar-refractivity contribution in [1.29, 1.82) is 0 Å². The smallest absolute Gasteiger partial charge is 0.305 e. The van der Waals surface area contributed by atoms with E-state index in [9.17, 15) is 19.8 Å². The van der Waals surface area contributed by atoms with Crippen LogP contribution in [0.3, 0.4) is 0 Å². The second-order valence-electron chi connectivity index (χ2n) is 18.6. The molecule has 0 aliphatic heterocycles. The van der Waals surface area contributed by atoms with Crippen LogP contribution >= 0.6 is 0 Å². The molecule has 0 aliphatic carbocycles. The highest BCUT2D eigenvalue weighted by Gasteiger charge is 2.20. The number of carbonyl (C=O) groups is 2. The molecule has 1 amide bonds. The molecular weight excluding hydrogens is 755 g/mol. The largest absolute Gasteiger partial charge is 0.466 e. The van der Waals surface area contributed by atoms with Crippen LogP contribution in [0.2, 0.25) is 0 Å². The lowest BCUT2D eigenvalue weighted by molar-refractivity contribution is -0.143. The molecule has 360 valence electrons. The van der Waals surface area contributed by atoms with Gasteiger partial charge in [0.05, 0.1) is 25.4 Å². The SMILES string of the molecule is CCC/C=C\C/C=C\CCCCCCCC(=O)OCCCCCCCCCCCC(=O)NC(CO)C(O)CCCCCCCCCCCCCCCCCCCCCCCC. The first-order valence-electron chi connectivity index (χ1n) is 27.1. The summed E-state index contributed by atoms with van der Waals surface area (Å²) in [7, 11) is 0. The fraction of sp³-hybridized carbons (Fsp3) is 0.891. The maximum absolute atomic E-state index is 12.5. The highest BCUT2D eigenvalue weighted by atomic mass is 16.5. The number of aliphatic hydroxyl groups excluding tert-OH is 2. The summed E-state index contributed by atoms with van der Waals surface area (Å²) in [5.74, 6) is -0.101. The van der Waals surface area contributed by atoms with Gasteiger partial charge in [-0.05, 0) is 51.4 Å². The number of aliphatic hydroxyl groups is 2. The molecule has 0 aromatic heterocycles. The first-order valence-corrected chi connectivity index (χ1v) is 27.1. The van der Waals surface area contributed by atoms with Crippen LogP contribution in [0.5, 0.6) is 0 Å². The molecule has 0 aromatic rings. The van der Waals surface area contributed by atoms with Crippen LogP contribution in [0, 0.1) is 0 Å². The van der Waals surface area contributed by atoms with E-state index in [1.807, 2.05) is 0 Å². The Hall–Kier alpha value is -1.66. The number of amides is 1. The van der Waals surface area contributed by atoms with Crippen molar-refractivity contribution in [3.05, 3.63) is 24.3 Å². The van der Waals surface area contributed by atoms with E-state index in [1.54, 1.807) is 0 Å². The molecule has 0 radical (unpaired) electrons. The lowest BCUT2D eigenvalue weighted by atomic mass is 10.0. The standard InChI is InChI=1S/C55H105NO5/c1-3-5-7-9-11-13-15-17-18-19-20-21-22-23-24-25-27-28-31-35-39-43-47-53(58)52(51-57)56-54(59)48-44-40-36-32-30-34-38-42-46-50-61-55(60)49-45-41-37-33-29-26-16-14-12-10-8-6-4-2/h8,10,14,16,52-53,57-58H,3-7,9,11-13,15,17-51H2,1-2H3,(H,56,59)/b10-8-,16-14-. The van der Waals surface area contributed by atoms with Gasteiger partial charge in [0.15, 0.2) is 0 Å². The second kappa shape index (κ2) is 51.0. The van der Waals surface area contributed by atoms with Crippen molar-refractivity contribution < 1.29 is 24.5 Å². The van der Waals surface area contributed by atoms with Gasteiger partial charge in [-0.15, -0.1) is 0 Å². The summed E-state index contributed by atoms with van der Waals surface area (Å²) >= 11 is 0. The average Bonchev–Trinajstić information content (AvgIpc) is 3.26. The Kier molecular flexibility index (Phi) is 49.6. The van der Waals surface area contributed by atoms with Gasteiger partial charge < -0.3 is 20.3 Å². The minimum absolute atomic E-state index is 0.0396. The van der Waals surface area contributed by atoms with Crippen molar-refractivity contribution in [2.45, 2.75) is 302 Å². The van der Waals surface area contributed by atoms with Crippen molar-refractivity contribution in [3.63, 3.8) is 0 Å². The van der Waals surface area contributed by atoms with Gasteiger partial charge in [-0.1, -0.05) is 250 Å². The Morgan fingerprint density at radius 2 is 0.852 bits per heavy atom. The quantitative estimate of drug-likeness (QED) is 0.0322. The summed E-state index contributed by atoms with van der Waals surface area (Å²) in [6, 6.07) is -0.563. The lowest BCUT2D eigenvalue weighted by Gasteiger charge is -2.22. The Morgan fingerprint density at radius 3 is 1.31 bits per heavy atom. The molecular formula is C55H105NO5. The van der Waals surface area contributed by atoms with Crippen LogP contribution in [0.4, 0.5) is 0 Å². The molecule has 0 saturated heterocycles. The first-order chi connectivity index (χ1) is 30.0. The van der Waals surface area contributed by atoms with E-state index in [4.69, 9.17) is 4.74 Å². The normalized spacial score (nSPS) is 12.8. The third-order valence-electron chi connectivity index (χ3n) is 12.5. The van der Waals surface area contributed by atoms with Crippen LogP contribution in [0.1, 0.15) is 290 Å². The van der Waals surface area contributed by atoms with Crippen molar-refractivity contribution in [1.82, 2.24) is 5.32 Å². The third-order valence-corrected chi connectivity index (χ3v) is 12.5. The van der Waals surface area contributed by atoms with Crippen LogP contribution < -0.4 is 5.32 Å². The van der Waals surface area contributed by atoms with Gasteiger partial charge in [0.25, 0.3) is 0 Å². The fourth-order valence-corrected chi connectivity index (χ4v) is 8.32. The molecule has 0 bridgehead atoms. The molecule has 0 heterocycles. The topological polar surface area (TPSA) is 95.9 Å². The molecule has 2 atom stereocenters. The van der Waals surface area contributed by atoms with Gasteiger partial charge in [-0.25, -0.2) is 0 Å². The number of nitrogens with one attached hydrogen (secondary N) is 1. The van der Waals surface area contributed by atoms with Crippen LogP contribution in [0.15, 0.2) is 24.3 Å². The molecule has 0 fully saturated rings. The molecule has 0 rings (SSSR count). The monoisotopic (exact) mass is 860 g/mol. The summed E-state index contributed by atoms with van der Waals surface area (Å²) in [5.41, 5.74) is 0. The van der Waals surface area contributed by atoms with Crippen LogP contribution in [-0.4, -0.2) is 47.4 Å². The molecule has 0 saturated carbocycles. The highest BCUT2D eigenvalue weighted by molar-refractivity contribution is 5.76. The number of hydrogen-bond acceptors (Lipinski definition) is 5. The number of hydrogen-bond donors (Lipinski definition) is 3. The van der Waals surface area contributed by atoms with Gasteiger partial charge >= 0.3 is 5.97 Å². The predicted octanol–water partition coefficient (Wildman–Crippen LogP) is 16.3. The zero-order valence-electron chi connectivity index (χ0n) is 40.9. The lowest BCUT2D eigenvalue weighted by Crippen LogP contribution is -2.45. The number of allylic oxidation sites excluding steroid dienone is 4. The maximum atomic E-state index is 12.5. The molecule has 3 N–H and O–H groups in total. The summed E-state index contributed by atoms with van der Waals surface area (Å²) in [5, 5.41) is 23.3. The third kappa shape index (κ3) is 47.7. The van der Waals surface area contributed by atoms with Crippen LogP contribution in [0.25, 0.3) is 0 Å². The molecule has 0 aromatic carbocycles. The number of rotatable bonds is 50. The molecule has 6 heteroatoms. The summed E-state index contributed by atoms with van der Waals surface area (Å²) in [6.45, 7) is 4.83. The molecule has 0 aliphatic rings. The van der Waals surface area contributed by atoms with Gasteiger partial charge in [0.2, 0.25) is 5.91 Å². The fourth-order valence-electron chi connectivity index (χ4n) is 8.32. The van der Waals surface area contributed by atoms with E-state index in [0.29, 0.717) is 25.9 Å². The van der Waals surface area contributed by atoms with E-state index in [2.05, 4.69) is 43.5 Å². The van der Waals surface area contributed by atoms with Gasteiger partial charge in [0, 0.05) is 12.8 Å². The Bertz CT molecular complexity index is 951. The molecule has 6 nitrogen and oxygen atoms in total. The molecule has 0 spiro atoms. The number of carbonyl (C=O) groups excluding carboxylic acids is 2. The average molecular weight is 860 g/mol. The van der Waals surface area contributed by atoms with E-state index in [1.165, 1.54) is 186 Å². The van der Waals surface area contributed by atoms with Gasteiger partial charge in [-0.2, -0.15) is 0 Å². The zero-order valence-corrected chi connectivity index (χ0v) is 40.9. The van der Waals surface area contributed by atoms with Crippen molar-refractivity contribution in [2.24, 2.45) is 0 Å². The van der Waals surface area contributed by atoms with Crippen molar-refractivity contribution >= 4 is 11.9 Å². The molecule has 2 unspecified atom stereocenters. The van der Waals surface area contributed by atoms with Gasteiger partial charge in [0.1, 0.15) is 0 Å². The summed E-state index contributed by atoms with van der Waals surface area (Å²) in [4.78, 5) is 24.5. The number of unbranched alkanes of at least 4 members (excludes halogenated alkanes) is 35. The maximum Gasteiger partial charge on any atom is 0.305 e.